The molecule has 1 saturated heterocycles. The summed E-state index contributed by atoms with van der Waals surface area (Å²) in [5.41, 5.74) is 0. The van der Waals surface area contributed by atoms with Gasteiger partial charge in [-0.25, -0.2) is 4.79 Å². The molecule has 1 rings (SSSR count). The zero-order chi connectivity index (χ0) is 11.3. The molecule has 0 bridgehead atoms. The van der Waals surface area contributed by atoms with Crippen LogP contribution < -0.4 is 10.6 Å². The van der Waals surface area contributed by atoms with Gasteiger partial charge in [0.1, 0.15) is 0 Å². The summed E-state index contributed by atoms with van der Waals surface area (Å²) in [4.78, 5) is 24.6. The number of hydrogen-bond donors (Lipinski definition) is 2. The summed E-state index contributed by atoms with van der Waals surface area (Å²) in [6.07, 6.45) is 2.29. The van der Waals surface area contributed by atoms with Gasteiger partial charge in [0.2, 0.25) is 5.91 Å². The summed E-state index contributed by atoms with van der Waals surface area (Å²) in [5.74, 6) is -0.227. The smallest absolute Gasteiger partial charge is 0.321 e. The average molecular weight is 213 g/mol. The minimum Gasteiger partial charge on any atom is -0.336 e. The number of urea groups is 1. The Kier molecular flexibility index (Phi) is 4.55. The summed E-state index contributed by atoms with van der Waals surface area (Å²) < 4.78 is 0. The van der Waals surface area contributed by atoms with E-state index in [4.69, 9.17) is 0 Å². The highest BCUT2D eigenvalue weighted by atomic mass is 16.2. The van der Waals surface area contributed by atoms with Crippen LogP contribution in [0.4, 0.5) is 4.79 Å². The molecule has 1 aliphatic heterocycles. The third-order valence-corrected chi connectivity index (χ3v) is 2.24. The second-order valence-corrected chi connectivity index (χ2v) is 4.16. The minimum absolute atomic E-state index is 0.0459. The number of amides is 3. The first kappa shape index (κ1) is 12.0. The molecular formula is C10H19N3O2. The molecule has 5 heteroatoms. The molecule has 1 aliphatic rings. The molecule has 0 aromatic heterocycles. The van der Waals surface area contributed by atoms with Crippen LogP contribution in [0.25, 0.3) is 0 Å². The van der Waals surface area contributed by atoms with E-state index in [1.54, 1.807) is 0 Å². The average Bonchev–Trinajstić information content (AvgIpc) is 2.53. The molecule has 0 radical (unpaired) electrons. The molecule has 1 heterocycles. The van der Waals surface area contributed by atoms with Crippen LogP contribution in [0, 0.1) is 0 Å². The van der Waals surface area contributed by atoms with Crippen molar-refractivity contribution in [3.63, 3.8) is 0 Å². The van der Waals surface area contributed by atoms with E-state index in [2.05, 4.69) is 15.5 Å². The van der Waals surface area contributed by atoms with Gasteiger partial charge in [0, 0.05) is 6.04 Å². The first-order valence-corrected chi connectivity index (χ1v) is 5.40. The molecule has 0 aliphatic carbocycles. The molecule has 15 heavy (non-hydrogen) atoms. The van der Waals surface area contributed by atoms with E-state index in [1.807, 2.05) is 13.8 Å². The Bertz CT molecular complexity index is 235. The van der Waals surface area contributed by atoms with E-state index in [1.165, 1.54) is 0 Å². The number of rotatable bonds is 3. The van der Waals surface area contributed by atoms with Crippen LogP contribution >= 0.6 is 0 Å². The van der Waals surface area contributed by atoms with Crippen LogP contribution in [0.2, 0.25) is 0 Å². The van der Waals surface area contributed by atoms with Gasteiger partial charge in [0.05, 0.1) is 6.54 Å². The van der Waals surface area contributed by atoms with E-state index < -0.39 is 6.03 Å². The SMILES string of the molecule is CC(C)NC(=O)NC(=O)CN1CCCC1. The van der Waals surface area contributed by atoms with Gasteiger partial charge >= 0.3 is 6.03 Å². The quantitative estimate of drug-likeness (QED) is 0.709. The molecule has 0 aromatic rings. The van der Waals surface area contributed by atoms with Crippen LogP contribution in [-0.2, 0) is 4.79 Å². The molecule has 0 atom stereocenters. The van der Waals surface area contributed by atoms with Crippen molar-refractivity contribution in [2.75, 3.05) is 19.6 Å². The Morgan fingerprint density at radius 1 is 1.27 bits per heavy atom. The van der Waals surface area contributed by atoms with Crippen LogP contribution in [0.1, 0.15) is 26.7 Å². The lowest BCUT2D eigenvalue weighted by molar-refractivity contribution is -0.120. The first-order valence-electron chi connectivity index (χ1n) is 5.40. The van der Waals surface area contributed by atoms with Crippen molar-refractivity contribution in [3.8, 4) is 0 Å². The minimum atomic E-state index is -0.408. The number of imide groups is 1. The maximum absolute atomic E-state index is 11.4. The second-order valence-electron chi connectivity index (χ2n) is 4.16. The fourth-order valence-electron chi connectivity index (χ4n) is 1.61. The van der Waals surface area contributed by atoms with Gasteiger partial charge in [-0.05, 0) is 39.8 Å². The normalized spacial score (nSPS) is 16.7. The summed E-state index contributed by atoms with van der Waals surface area (Å²) in [6, 6.07) is -0.362. The van der Waals surface area contributed by atoms with Gasteiger partial charge in [0.25, 0.3) is 0 Å². The third kappa shape index (κ3) is 4.78. The molecular weight excluding hydrogens is 194 g/mol. The Hall–Kier alpha value is -1.10. The monoisotopic (exact) mass is 213 g/mol. The van der Waals surface area contributed by atoms with Gasteiger partial charge < -0.3 is 5.32 Å². The Labute approximate surface area is 90.2 Å². The standard InChI is InChI=1S/C10H19N3O2/c1-8(2)11-10(15)12-9(14)7-13-5-3-4-6-13/h8H,3-7H2,1-2H3,(H2,11,12,14,15). The number of nitrogens with zero attached hydrogens (tertiary/aromatic N) is 1. The number of nitrogens with one attached hydrogen (secondary N) is 2. The van der Waals surface area contributed by atoms with Gasteiger partial charge in [-0.2, -0.15) is 0 Å². The summed E-state index contributed by atoms with van der Waals surface area (Å²) in [6.45, 7) is 5.94. The summed E-state index contributed by atoms with van der Waals surface area (Å²) in [5, 5.41) is 4.92. The van der Waals surface area contributed by atoms with Crippen molar-refractivity contribution in [1.82, 2.24) is 15.5 Å². The predicted octanol–water partition coefficient (Wildman–Crippen LogP) is 0.316. The maximum atomic E-state index is 11.4. The Morgan fingerprint density at radius 2 is 1.87 bits per heavy atom. The van der Waals surface area contributed by atoms with Crippen LogP contribution in [-0.4, -0.2) is 42.5 Å². The highest BCUT2D eigenvalue weighted by molar-refractivity contribution is 5.95. The summed E-state index contributed by atoms with van der Waals surface area (Å²) in [7, 11) is 0. The van der Waals surface area contributed by atoms with E-state index >= 15 is 0 Å². The van der Waals surface area contributed by atoms with Crippen molar-refractivity contribution in [2.24, 2.45) is 0 Å². The molecule has 2 N–H and O–H groups in total. The Balaban J connectivity index is 2.19. The second kappa shape index (κ2) is 5.70. The zero-order valence-corrected chi connectivity index (χ0v) is 9.38. The first-order chi connectivity index (χ1) is 7.08. The van der Waals surface area contributed by atoms with Gasteiger partial charge in [0.15, 0.2) is 0 Å². The fourth-order valence-corrected chi connectivity index (χ4v) is 1.61. The lowest BCUT2D eigenvalue weighted by Gasteiger charge is -2.14. The summed E-state index contributed by atoms with van der Waals surface area (Å²) >= 11 is 0. The molecule has 0 unspecified atom stereocenters. The molecule has 0 aromatic carbocycles. The maximum Gasteiger partial charge on any atom is 0.321 e. The molecule has 1 fully saturated rings. The van der Waals surface area contributed by atoms with Gasteiger partial charge in [-0.1, -0.05) is 0 Å². The van der Waals surface area contributed by atoms with Crippen LogP contribution in [0.5, 0.6) is 0 Å². The number of hydrogen-bond acceptors (Lipinski definition) is 3. The fraction of sp³-hybridized carbons (Fsp3) is 0.800. The third-order valence-electron chi connectivity index (χ3n) is 2.24. The van der Waals surface area contributed by atoms with E-state index in [0.29, 0.717) is 6.54 Å². The molecule has 3 amide bonds. The van der Waals surface area contributed by atoms with Crippen molar-refractivity contribution >= 4 is 11.9 Å². The van der Waals surface area contributed by atoms with E-state index in [0.717, 1.165) is 25.9 Å². The molecule has 5 nitrogen and oxygen atoms in total. The Morgan fingerprint density at radius 3 is 2.40 bits per heavy atom. The van der Waals surface area contributed by atoms with Gasteiger partial charge in [-0.3, -0.25) is 15.0 Å². The lowest BCUT2D eigenvalue weighted by Crippen LogP contribution is -2.45. The predicted molar refractivity (Wildman–Crippen MR) is 57.5 cm³/mol. The topological polar surface area (TPSA) is 61.4 Å². The van der Waals surface area contributed by atoms with Crippen molar-refractivity contribution < 1.29 is 9.59 Å². The van der Waals surface area contributed by atoms with E-state index in [9.17, 15) is 9.59 Å². The number of carbonyl (C=O) groups is 2. The van der Waals surface area contributed by atoms with Crippen molar-refractivity contribution in [1.29, 1.82) is 0 Å². The highest BCUT2D eigenvalue weighted by Gasteiger charge is 2.16. The molecule has 0 spiro atoms. The zero-order valence-electron chi connectivity index (χ0n) is 9.38. The highest BCUT2D eigenvalue weighted by Crippen LogP contribution is 2.05. The van der Waals surface area contributed by atoms with Crippen molar-refractivity contribution in [3.05, 3.63) is 0 Å². The number of likely N-dealkylation sites (tertiary alicyclic amines) is 1. The van der Waals surface area contributed by atoms with Crippen molar-refractivity contribution in [2.45, 2.75) is 32.7 Å². The largest absolute Gasteiger partial charge is 0.336 e. The van der Waals surface area contributed by atoms with Crippen LogP contribution in [0.15, 0.2) is 0 Å². The molecule has 0 saturated carbocycles. The lowest BCUT2D eigenvalue weighted by atomic mass is 10.4. The number of carbonyl (C=O) groups excluding carboxylic acids is 2. The molecule has 86 valence electrons. The van der Waals surface area contributed by atoms with E-state index in [-0.39, 0.29) is 11.9 Å². The van der Waals surface area contributed by atoms with Crippen LogP contribution in [0.3, 0.4) is 0 Å². The van der Waals surface area contributed by atoms with Gasteiger partial charge in [-0.15, -0.1) is 0 Å².